The summed E-state index contributed by atoms with van der Waals surface area (Å²) >= 11 is 0. The zero-order valence-electron chi connectivity index (χ0n) is 2.40. The van der Waals surface area contributed by atoms with E-state index < -0.39 is 9.14 Å². The summed E-state index contributed by atoms with van der Waals surface area (Å²) in [7, 11) is -5.86. The molecule has 6 heavy (non-hydrogen) atoms. The molecule has 0 aromatic carbocycles. The molecule has 0 saturated carbocycles. The minimum absolute atomic E-state index is 0. The molecule has 3 nitrogen and oxygen atoms in total. The van der Waals surface area contributed by atoms with Crippen molar-refractivity contribution in [1.29, 1.82) is 0 Å². The van der Waals surface area contributed by atoms with Gasteiger partial charge in [0.15, 0.2) is 0 Å². The first-order valence-electron chi connectivity index (χ1n) is 0.801. The first-order valence-corrected chi connectivity index (χ1v) is 2.40. The molecule has 0 unspecified atom stereocenters. The van der Waals surface area contributed by atoms with Crippen molar-refractivity contribution in [3.05, 3.63) is 0 Å². The predicted octanol–water partition coefficient (Wildman–Crippen LogP) is -3.53. The Bertz CT molecular complexity index is 26.3. The zero-order valence-corrected chi connectivity index (χ0v) is 4.35. The molecule has 0 spiro atoms. The average Bonchev–Trinajstić information content (AvgIpc) is 0.722. The molecule has 0 aromatic heterocycles. The van der Waals surface area contributed by atoms with Gasteiger partial charge >= 0.3 is 17.1 Å². The van der Waals surface area contributed by atoms with Crippen LogP contribution in [0.4, 0.5) is 4.11 Å². The van der Waals surface area contributed by atoms with E-state index in [-0.39, 0.29) is 17.1 Å². The molecule has 0 fully saturated rings. The van der Waals surface area contributed by atoms with Crippen LogP contribution in [-0.2, 0) is 17.1 Å². The van der Waals surface area contributed by atoms with Crippen molar-refractivity contribution in [1.82, 2.24) is 0 Å². The maximum absolute atomic E-state index is 10.2. The van der Waals surface area contributed by atoms with Crippen molar-refractivity contribution in [2.75, 3.05) is 0 Å². The molecule has 0 radical (unpaired) electrons. The summed E-state index contributed by atoms with van der Waals surface area (Å²) in [6, 6.07) is 0. The fourth-order valence-electron chi connectivity index (χ4n) is 0. The van der Waals surface area contributed by atoms with Crippen molar-refractivity contribution in [3.63, 3.8) is 0 Å². The van der Waals surface area contributed by atoms with Crippen LogP contribution in [-0.4, -0.2) is 9.14 Å². The fraction of sp³-hybridized carbons (Fsp3) is 0. The van der Waals surface area contributed by atoms with Crippen LogP contribution in [0.2, 0.25) is 0 Å². The fourth-order valence-corrected chi connectivity index (χ4v) is 0. The SMILES string of the molecule is [Cu+3].[O-][Si]([O-])([O-])F. The van der Waals surface area contributed by atoms with E-state index in [0.29, 0.717) is 0 Å². The molecule has 0 saturated heterocycles. The molecular formula is CuFO3Si. The number of halogens is 1. The standard InChI is InChI=1S/Cu.FO3Si/c;1-5(2,3)4/q+3;-3. The van der Waals surface area contributed by atoms with Crippen molar-refractivity contribution >= 4 is 9.14 Å². The summed E-state index contributed by atoms with van der Waals surface area (Å²) in [5, 5.41) is 0. The Morgan fingerprint density at radius 3 is 1.17 bits per heavy atom. The van der Waals surface area contributed by atoms with E-state index in [1.807, 2.05) is 0 Å². The Morgan fingerprint density at radius 2 is 1.17 bits per heavy atom. The number of hydrogen-bond acceptors (Lipinski definition) is 3. The molecule has 0 heterocycles. The second-order valence-electron chi connectivity index (χ2n) is 0.481. The van der Waals surface area contributed by atoms with Crippen LogP contribution in [0.3, 0.4) is 0 Å². The summed E-state index contributed by atoms with van der Waals surface area (Å²) in [6.45, 7) is 0. The van der Waals surface area contributed by atoms with E-state index in [1.54, 1.807) is 0 Å². The molecule has 0 rings (SSSR count). The van der Waals surface area contributed by atoms with Gasteiger partial charge in [-0.3, -0.25) is 0 Å². The third-order valence-corrected chi connectivity index (χ3v) is 0. The molecule has 6 heteroatoms. The molecule has 0 aromatic rings. The average molecular weight is 159 g/mol. The third kappa shape index (κ3) is 192. The van der Waals surface area contributed by atoms with Crippen molar-refractivity contribution in [2.24, 2.45) is 0 Å². The first-order chi connectivity index (χ1) is 2.00. The van der Waals surface area contributed by atoms with Gasteiger partial charge in [0.05, 0.1) is 0 Å². The Morgan fingerprint density at radius 1 is 1.17 bits per heavy atom. The molecule has 0 aliphatic carbocycles. The predicted molar refractivity (Wildman–Crippen MR) is 6.86 cm³/mol. The van der Waals surface area contributed by atoms with Gasteiger partial charge in [0, 0.05) is 0 Å². The van der Waals surface area contributed by atoms with Crippen LogP contribution >= 0.6 is 0 Å². The van der Waals surface area contributed by atoms with E-state index >= 15 is 0 Å². The van der Waals surface area contributed by atoms with Gasteiger partial charge in [-0.2, -0.15) is 0 Å². The molecule has 0 bridgehead atoms. The maximum atomic E-state index is 10.2. The Hall–Kier alpha value is 0.546. The zero-order chi connectivity index (χ0) is 4.50. The van der Waals surface area contributed by atoms with E-state index in [0.717, 1.165) is 0 Å². The maximum Gasteiger partial charge on any atom is 3.00 e. The molecule has 0 aliphatic heterocycles. The van der Waals surface area contributed by atoms with Crippen LogP contribution in [0.5, 0.6) is 0 Å². The summed E-state index contributed by atoms with van der Waals surface area (Å²) in [4.78, 5) is 25.4. The van der Waals surface area contributed by atoms with Crippen molar-refractivity contribution < 1.29 is 35.6 Å². The number of rotatable bonds is 0. The van der Waals surface area contributed by atoms with E-state index in [2.05, 4.69) is 0 Å². The van der Waals surface area contributed by atoms with Crippen LogP contribution in [0.25, 0.3) is 0 Å². The number of hydrogen-bond donors (Lipinski definition) is 0. The van der Waals surface area contributed by atoms with Crippen LogP contribution in [0, 0.1) is 0 Å². The van der Waals surface area contributed by atoms with Gasteiger partial charge in [-0.25, -0.2) is 0 Å². The normalized spacial score (nSPS) is 10.0. The van der Waals surface area contributed by atoms with Gasteiger partial charge in [-0.15, -0.1) is 0 Å². The second kappa shape index (κ2) is 2.68. The first kappa shape index (κ1) is 9.74. The Balaban J connectivity index is 0. The quantitative estimate of drug-likeness (QED) is 0.271. The smallest absolute Gasteiger partial charge is 0.857 e. The molecule has 40 valence electrons. The van der Waals surface area contributed by atoms with Crippen LogP contribution in [0.1, 0.15) is 0 Å². The van der Waals surface area contributed by atoms with Crippen molar-refractivity contribution in [3.8, 4) is 0 Å². The molecule has 0 atom stereocenters. The summed E-state index contributed by atoms with van der Waals surface area (Å²) < 4.78 is 10.2. The minimum Gasteiger partial charge on any atom is -0.857 e. The summed E-state index contributed by atoms with van der Waals surface area (Å²) in [6.07, 6.45) is 0. The van der Waals surface area contributed by atoms with Gasteiger partial charge in [0.1, 0.15) is 0 Å². The Kier molecular flexibility index (Phi) is 4.34. The van der Waals surface area contributed by atoms with Gasteiger partial charge in [-0.1, -0.05) is 9.14 Å². The molecule has 0 N–H and O–H groups in total. The van der Waals surface area contributed by atoms with E-state index in [1.165, 1.54) is 0 Å². The van der Waals surface area contributed by atoms with E-state index in [9.17, 15) is 4.11 Å². The van der Waals surface area contributed by atoms with Crippen LogP contribution < -0.4 is 14.4 Å². The molecular weight excluding hydrogens is 159 g/mol. The summed E-state index contributed by atoms with van der Waals surface area (Å²) in [5.41, 5.74) is 0. The second-order valence-corrected chi connectivity index (χ2v) is 1.44. The van der Waals surface area contributed by atoms with Gasteiger partial charge in [-0.05, 0) is 0 Å². The van der Waals surface area contributed by atoms with Crippen molar-refractivity contribution in [2.45, 2.75) is 0 Å². The van der Waals surface area contributed by atoms with Gasteiger partial charge < -0.3 is 18.5 Å². The van der Waals surface area contributed by atoms with Gasteiger partial charge in [0.25, 0.3) is 0 Å². The monoisotopic (exact) mass is 158 g/mol. The van der Waals surface area contributed by atoms with E-state index in [4.69, 9.17) is 14.4 Å². The Labute approximate surface area is 45.4 Å². The van der Waals surface area contributed by atoms with Crippen LogP contribution in [0.15, 0.2) is 0 Å². The minimum atomic E-state index is -5.86. The summed E-state index contributed by atoms with van der Waals surface area (Å²) in [5.74, 6) is 0. The molecule has 0 aliphatic rings. The topological polar surface area (TPSA) is 69.2 Å². The van der Waals surface area contributed by atoms with Gasteiger partial charge in [0.2, 0.25) is 0 Å². The largest absolute Gasteiger partial charge is 3.00 e. The molecule has 0 amide bonds. The third-order valence-electron chi connectivity index (χ3n) is 0.